The molecule has 1 aromatic carbocycles. The van der Waals surface area contributed by atoms with E-state index in [0.29, 0.717) is 17.5 Å². The molecule has 2 N–H and O–H groups in total. The van der Waals surface area contributed by atoms with Crippen molar-refractivity contribution in [2.45, 2.75) is 57.0 Å². The standard InChI is InChI=1S/C22H32N6O3/c1-30-18-9-8-16(14-19(18)31-2)20(27-12-10-15(11-13-27)21(23)29)22-24-25-26-28(22)17-6-4-3-5-7-17/h8-9,14-15,17,20H,3-7,10-13H2,1-2H3,(H2,23,29). The number of carbonyl (C=O) groups is 1. The smallest absolute Gasteiger partial charge is 0.220 e. The lowest BCUT2D eigenvalue weighted by Gasteiger charge is -2.37. The first-order valence-corrected chi connectivity index (χ1v) is 11.2. The van der Waals surface area contributed by atoms with E-state index in [4.69, 9.17) is 15.2 Å². The van der Waals surface area contributed by atoms with Crippen LogP contribution in [0.2, 0.25) is 0 Å². The molecule has 2 heterocycles. The van der Waals surface area contributed by atoms with Crippen LogP contribution >= 0.6 is 0 Å². The largest absolute Gasteiger partial charge is 0.493 e. The molecule has 31 heavy (non-hydrogen) atoms. The monoisotopic (exact) mass is 428 g/mol. The van der Waals surface area contributed by atoms with Crippen LogP contribution in [-0.4, -0.2) is 58.3 Å². The van der Waals surface area contributed by atoms with Crippen molar-refractivity contribution >= 4 is 5.91 Å². The van der Waals surface area contributed by atoms with Gasteiger partial charge in [0.15, 0.2) is 17.3 Å². The van der Waals surface area contributed by atoms with Crippen molar-refractivity contribution in [3.63, 3.8) is 0 Å². The number of rotatable bonds is 7. The third-order valence-corrected chi connectivity index (χ3v) is 6.70. The van der Waals surface area contributed by atoms with Crippen LogP contribution in [0.1, 0.15) is 68.4 Å². The van der Waals surface area contributed by atoms with Crippen LogP contribution in [0, 0.1) is 5.92 Å². The number of hydrogen-bond donors (Lipinski definition) is 1. The lowest BCUT2D eigenvalue weighted by Crippen LogP contribution is -2.41. The molecule has 1 amide bonds. The van der Waals surface area contributed by atoms with Gasteiger partial charge in [-0.25, -0.2) is 4.68 Å². The molecule has 0 spiro atoms. The van der Waals surface area contributed by atoms with Crippen molar-refractivity contribution in [3.8, 4) is 11.5 Å². The number of methoxy groups -OCH3 is 2. The summed E-state index contributed by atoms with van der Waals surface area (Å²) < 4.78 is 13.0. The molecule has 1 aliphatic heterocycles. The van der Waals surface area contributed by atoms with Crippen LogP contribution in [0.4, 0.5) is 0 Å². The molecule has 168 valence electrons. The SMILES string of the molecule is COc1ccc(C(c2nnnn2C2CCCCC2)N2CCC(C(N)=O)CC2)cc1OC. The molecule has 1 unspecified atom stereocenters. The zero-order valence-corrected chi connectivity index (χ0v) is 18.4. The Balaban J connectivity index is 1.71. The molecular formula is C22H32N6O3. The van der Waals surface area contributed by atoms with E-state index in [1.54, 1.807) is 14.2 Å². The van der Waals surface area contributed by atoms with E-state index >= 15 is 0 Å². The number of likely N-dealkylation sites (tertiary alicyclic amines) is 1. The van der Waals surface area contributed by atoms with Gasteiger partial charge in [0.25, 0.3) is 0 Å². The number of benzene rings is 1. The summed E-state index contributed by atoms with van der Waals surface area (Å²) in [6, 6.07) is 6.16. The van der Waals surface area contributed by atoms with E-state index < -0.39 is 0 Å². The molecule has 0 radical (unpaired) electrons. The Bertz CT molecular complexity index is 887. The second-order valence-corrected chi connectivity index (χ2v) is 8.50. The first kappa shape index (κ1) is 21.5. The molecule has 4 rings (SSSR count). The van der Waals surface area contributed by atoms with Crippen LogP contribution in [0.3, 0.4) is 0 Å². The number of hydrogen-bond acceptors (Lipinski definition) is 7. The molecule has 1 aliphatic carbocycles. The summed E-state index contributed by atoms with van der Waals surface area (Å²) in [5, 5.41) is 13.0. The summed E-state index contributed by atoms with van der Waals surface area (Å²) in [4.78, 5) is 14.0. The maximum absolute atomic E-state index is 11.7. The summed E-state index contributed by atoms with van der Waals surface area (Å²) in [6.45, 7) is 1.51. The Morgan fingerprint density at radius 3 is 2.42 bits per heavy atom. The number of ether oxygens (including phenoxy) is 2. The molecule has 2 aliphatic rings. The van der Waals surface area contributed by atoms with E-state index in [1.165, 1.54) is 19.3 Å². The van der Waals surface area contributed by atoms with Gasteiger partial charge in [-0.15, -0.1) is 5.10 Å². The lowest BCUT2D eigenvalue weighted by molar-refractivity contribution is -0.123. The average molecular weight is 429 g/mol. The molecule has 9 heteroatoms. The van der Waals surface area contributed by atoms with Crippen LogP contribution in [0.15, 0.2) is 18.2 Å². The van der Waals surface area contributed by atoms with Crippen LogP contribution in [0.25, 0.3) is 0 Å². The quantitative estimate of drug-likeness (QED) is 0.722. The highest BCUT2D eigenvalue weighted by molar-refractivity contribution is 5.76. The number of piperidine rings is 1. The Kier molecular flexibility index (Phi) is 6.70. The zero-order chi connectivity index (χ0) is 21.8. The van der Waals surface area contributed by atoms with Crippen molar-refractivity contribution in [2.24, 2.45) is 11.7 Å². The molecule has 2 fully saturated rings. The fourth-order valence-corrected chi connectivity index (χ4v) is 4.95. The molecule has 1 aromatic heterocycles. The number of primary amides is 1. The second-order valence-electron chi connectivity index (χ2n) is 8.50. The Morgan fingerprint density at radius 2 is 1.77 bits per heavy atom. The van der Waals surface area contributed by atoms with E-state index in [0.717, 1.165) is 50.2 Å². The molecular weight excluding hydrogens is 396 g/mol. The average Bonchev–Trinajstić information content (AvgIpc) is 3.29. The van der Waals surface area contributed by atoms with Gasteiger partial charge < -0.3 is 15.2 Å². The van der Waals surface area contributed by atoms with Gasteiger partial charge in [-0.1, -0.05) is 25.3 Å². The Morgan fingerprint density at radius 1 is 1.06 bits per heavy atom. The van der Waals surface area contributed by atoms with Crippen molar-refractivity contribution in [2.75, 3.05) is 27.3 Å². The lowest BCUT2D eigenvalue weighted by atomic mass is 9.92. The second kappa shape index (κ2) is 9.64. The minimum Gasteiger partial charge on any atom is -0.493 e. The third kappa shape index (κ3) is 4.51. The highest BCUT2D eigenvalue weighted by Crippen LogP contribution is 2.38. The van der Waals surface area contributed by atoms with Crippen molar-refractivity contribution in [3.05, 3.63) is 29.6 Å². The molecule has 2 aromatic rings. The van der Waals surface area contributed by atoms with E-state index in [9.17, 15) is 4.79 Å². The Hall–Kier alpha value is -2.68. The van der Waals surface area contributed by atoms with Crippen LogP contribution in [-0.2, 0) is 4.79 Å². The van der Waals surface area contributed by atoms with Crippen molar-refractivity contribution in [1.82, 2.24) is 25.1 Å². The third-order valence-electron chi connectivity index (χ3n) is 6.70. The van der Waals surface area contributed by atoms with Gasteiger partial charge in [0.2, 0.25) is 5.91 Å². The highest BCUT2D eigenvalue weighted by atomic mass is 16.5. The van der Waals surface area contributed by atoms with Gasteiger partial charge in [-0.05, 0) is 66.9 Å². The molecule has 1 saturated carbocycles. The van der Waals surface area contributed by atoms with Gasteiger partial charge in [0, 0.05) is 5.92 Å². The van der Waals surface area contributed by atoms with E-state index in [1.807, 2.05) is 22.9 Å². The number of aromatic nitrogens is 4. The molecule has 9 nitrogen and oxygen atoms in total. The fraction of sp³-hybridized carbons (Fsp3) is 0.636. The predicted octanol–water partition coefficient (Wildman–Crippen LogP) is 2.48. The maximum Gasteiger partial charge on any atom is 0.220 e. The zero-order valence-electron chi connectivity index (χ0n) is 18.4. The van der Waals surface area contributed by atoms with Crippen LogP contribution < -0.4 is 15.2 Å². The summed E-state index contributed by atoms with van der Waals surface area (Å²) in [6.07, 6.45) is 7.35. The molecule has 0 bridgehead atoms. The minimum atomic E-state index is -0.214. The van der Waals surface area contributed by atoms with E-state index in [-0.39, 0.29) is 17.9 Å². The molecule has 1 atom stereocenters. The van der Waals surface area contributed by atoms with Gasteiger partial charge in [0.05, 0.1) is 26.3 Å². The van der Waals surface area contributed by atoms with Crippen molar-refractivity contribution in [1.29, 1.82) is 0 Å². The number of amides is 1. The number of carbonyl (C=O) groups excluding carboxylic acids is 1. The summed E-state index contributed by atoms with van der Waals surface area (Å²) in [7, 11) is 3.27. The fourth-order valence-electron chi connectivity index (χ4n) is 4.95. The predicted molar refractivity (Wildman–Crippen MR) is 115 cm³/mol. The van der Waals surface area contributed by atoms with Crippen molar-refractivity contribution < 1.29 is 14.3 Å². The van der Waals surface area contributed by atoms with Gasteiger partial charge in [-0.2, -0.15) is 0 Å². The number of nitrogens with two attached hydrogens (primary N) is 1. The van der Waals surface area contributed by atoms with Crippen LogP contribution in [0.5, 0.6) is 11.5 Å². The Labute approximate surface area is 182 Å². The topological polar surface area (TPSA) is 108 Å². The first-order valence-electron chi connectivity index (χ1n) is 11.2. The van der Waals surface area contributed by atoms with Gasteiger partial charge in [0.1, 0.15) is 0 Å². The molecule has 1 saturated heterocycles. The summed E-state index contributed by atoms with van der Waals surface area (Å²) in [5.74, 6) is 1.92. The maximum atomic E-state index is 11.7. The van der Waals surface area contributed by atoms with Gasteiger partial charge in [-0.3, -0.25) is 9.69 Å². The minimum absolute atomic E-state index is 0.0726. The van der Waals surface area contributed by atoms with E-state index in [2.05, 4.69) is 20.4 Å². The summed E-state index contributed by atoms with van der Waals surface area (Å²) >= 11 is 0. The number of tetrazole rings is 1. The van der Waals surface area contributed by atoms with Gasteiger partial charge >= 0.3 is 0 Å². The highest BCUT2D eigenvalue weighted by Gasteiger charge is 2.34. The normalized spacial score (nSPS) is 19.8. The summed E-state index contributed by atoms with van der Waals surface area (Å²) in [5.41, 5.74) is 6.61. The first-order chi connectivity index (χ1) is 15.1. The number of nitrogens with zero attached hydrogens (tertiary/aromatic N) is 5.